The lowest BCUT2D eigenvalue weighted by Gasteiger charge is -2.19. The van der Waals surface area contributed by atoms with Crippen molar-refractivity contribution in [2.24, 2.45) is 5.92 Å². The highest BCUT2D eigenvalue weighted by Crippen LogP contribution is 2.31. The lowest BCUT2D eigenvalue weighted by molar-refractivity contribution is 0.0837. The van der Waals surface area contributed by atoms with Crippen LogP contribution in [0.25, 0.3) is 0 Å². The van der Waals surface area contributed by atoms with Crippen LogP contribution >= 0.6 is 0 Å². The van der Waals surface area contributed by atoms with Crippen molar-refractivity contribution >= 4 is 0 Å². The Balaban J connectivity index is 2.51. The Hall–Kier alpha value is -0.480. The van der Waals surface area contributed by atoms with Crippen molar-refractivity contribution in [3.8, 4) is 12.3 Å². The summed E-state index contributed by atoms with van der Waals surface area (Å²) in [5.41, 5.74) is -0.788. The summed E-state index contributed by atoms with van der Waals surface area (Å²) in [5.74, 6) is 3.31. The van der Waals surface area contributed by atoms with Crippen molar-refractivity contribution in [3.63, 3.8) is 0 Å². The number of hydrogen-bond donors (Lipinski definition) is 1. The van der Waals surface area contributed by atoms with E-state index in [-0.39, 0.29) is 0 Å². The molecule has 1 rings (SSSR count). The van der Waals surface area contributed by atoms with Gasteiger partial charge in [0.15, 0.2) is 0 Å². The van der Waals surface area contributed by atoms with Gasteiger partial charge < -0.3 is 5.11 Å². The summed E-state index contributed by atoms with van der Waals surface area (Å²) in [6, 6.07) is 0. The molecule has 1 aliphatic carbocycles. The second-order valence-electron chi connectivity index (χ2n) is 3.88. The highest BCUT2D eigenvalue weighted by atomic mass is 16.3. The van der Waals surface area contributed by atoms with Crippen LogP contribution < -0.4 is 0 Å². The van der Waals surface area contributed by atoms with Crippen LogP contribution in [0.3, 0.4) is 0 Å². The van der Waals surface area contributed by atoms with E-state index in [1.54, 1.807) is 0 Å². The van der Waals surface area contributed by atoms with E-state index < -0.39 is 5.60 Å². The average Bonchev–Trinajstić information content (AvgIpc) is 2.28. The van der Waals surface area contributed by atoms with E-state index in [9.17, 15) is 5.11 Å². The molecule has 1 nitrogen and oxygen atoms in total. The summed E-state index contributed by atoms with van der Waals surface area (Å²) < 4.78 is 0. The van der Waals surface area contributed by atoms with E-state index in [1.807, 2.05) is 0 Å². The summed E-state index contributed by atoms with van der Waals surface area (Å²) in [4.78, 5) is 0. The van der Waals surface area contributed by atoms with Crippen molar-refractivity contribution in [2.75, 3.05) is 0 Å². The van der Waals surface area contributed by atoms with Gasteiger partial charge in [-0.1, -0.05) is 25.7 Å². The molecule has 0 heterocycles. The van der Waals surface area contributed by atoms with Crippen LogP contribution in [0.5, 0.6) is 0 Å². The van der Waals surface area contributed by atoms with Crippen LogP contribution in [0.1, 0.15) is 45.4 Å². The lowest BCUT2D eigenvalue weighted by Crippen LogP contribution is -2.24. The highest BCUT2D eigenvalue weighted by molar-refractivity contribution is 5.07. The van der Waals surface area contributed by atoms with Gasteiger partial charge in [0.25, 0.3) is 0 Å². The fraction of sp³-hybridized carbons (Fsp3) is 0.818. The first-order valence-corrected chi connectivity index (χ1v) is 4.90. The number of rotatable bonds is 1. The Morgan fingerprint density at radius 3 is 2.83 bits per heavy atom. The Bertz CT molecular complexity index is 180. The summed E-state index contributed by atoms with van der Waals surface area (Å²) in [6.07, 6.45) is 11.5. The molecule has 0 amide bonds. The molecule has 0 aromatic heterocycles. The van der Waals surface area contributed by atoms with E-state index >= 15 is 0 Å². The smallest absolute Gasteiger partial charge is 0.125 e. The standard InChI is InChI=1S/C11H18O/c1-3-10-6-5-8-11(12,4-2)9-7-10/h2,10,12H,3,5-9H2,1H3. The van der Waals surface area contributed by atoms with Gasteiger partial charge in [0.1, 0.15) is 5.60 Å². The summed E-state index contributed by atoms with van der Waals surface area (Å²) in [7, 11) is 0. The third-order valence-corrected chi connectivity index (χ3v) is 3.01. The third kappa shape index (κ3) is 2.25. The third-order valence-electron chi connectivity index (χ3n) is 3.01. The molecule has 0 radical (unpaired) electrons. The molecule has 0 aromatic rings. The van der Waals surface area contributed by atoms with Gasteiger partial charge in [0.05, 0.1) is 0 Å². The maximum Gasteiger partial charge on any atom is 0.125 e. The summed E-state index contributed by atoms with van der Waals surface area (Å²) >= 11 is 0. The van der Waals surface area contributed by atoms with E-state index in [1.165, 1.54) is 12.8 Å². The van der Waals surface area contributed by atoms with Crippen LogP contribution in [0.4, 0.5) is 0 Å². The summed E-state index contributed by atoms with van der Waals surface area (Å²) in [6.45, 7) is 2.21. The molecule has 1 N–H and O–H groups in total. The SMILES string of the molecule is C#CC1(O)CCCC(CC)CC1. The second-order valence-corrected chi connectivity index (χ2v) is 3.88. The van der Waals surface area contributed by atoms with E-state index in [0.717, 1.165) is 31.6 Å². The van der Waals surface area contributed by atoms with E-state index in [0.29, 0.717) is 0 Å². The van der Waals surface area contributed by atoms with E-state index in [2.05, 4.69) is 12.8 Å². The molecule has 0 spiro atoms. The minimum atomic E-state index is -0.788. The number of hydrogen-bond acceptors (Lipinski definition) is 1. The monoisotopic (exact) mass is 166 g/mol. The zero-order valence-electron chi connectivity index (χ0n) is 7.84. The van der Waals surface area contributed by atoms with Crippen LogP contribution in [0.2, 0.25) is 0 Å². The molecule has 0 saturated heterocycles. The van der Waals surface area contributed by atoms with Crippen LogP contribution in [-0.4, -0.2) is 10.7 Å². The first kappa shape index (κ1) is 9.61. The first-order valence-electron chi connectivity index (χ1n) is 4.90. The quantitative estimate of drug-likeness (QED) is 0.468. The molecular formula is C11H18O. The number of terminal acetylenes is 1. The minimum Gasteiger partial charge on any atom is -0.378 e. The van der Waals surface area contributed by atoms with Crippen molar-refractivity contribution in [3.05, 3.63) is 0 Å². The molecule has 68 valence electrons. The molecule has 1 saturated carbocycles. The maximum atomic E-state index is 9.84. The molecule has 1 aliphatic rings. The van der Waals surface area contributed by atoms with Gasteiger partial charge in [-0.2, -0.15) is 0 Å². The normalized spacial score (nSPS) is 36.9. The molecule has 0 aromatic carbocycles. The largest absolute Gasteiger partial charge is 0.378 e. The molecule has 0 bridgehead atoms. The minimum absolute atomic E-state index is 0.785. The molecular weight excluding hydrogens is 148 g/mol. The average molecular weight is 166 g/mol. The zero-order valence-corrected chi connectivity index (χ0v) is 7.84. The lowest BCUT2D eigenvalue weighted by atomic mass is 9.94. The van der Waals surface area contributed by atoms with Crippen LogP contribution in [0, 0.1) is 18.3 Å². The topological polar surface area (TPSA) is 20.2 Å². The number of aliphatic hydroxyl groups is 1. The van der Waals surface area contributed by atoms with Gasteiger partial charge in [-0.15, -0.1) is 6.42 Å². The fourth-order valence-corrected chi connectivity index (χ4v) is 1.95. The Morgan fingerprint density at radius 1 is 1.50 bits per heavy atom. The van der Waals surface area contributed by atoms with Gasteiger partial charge in [0, 0.05) is 0 Å². The molecule has 1 fully saturated rings. The predicted octanol–water partition coefficient (Wildman–Crippen LogP) is 2.34. The highest BCUT2D eigenvalue weighted by Gasteiger charge is 2.27. The Labute approximate surface area is 75.2 Å². The molecule has 2 unspecified atom stereocenters. The van der Waals surface area contributed by atoms with Crippen molar-refractivity contribution in [1.29, 1.82) is 0 Å². The van der Waals surface area contributed by atoms with Gasteiger partial charge in [-0.25, -0.2) is 0 Å². The maximum absolute atomic E-state index is 9.84. The Kier molecular flexibility index (Phi) is 3.17. The molecule has 0 aliphatic heterocycles. The van der Waals surface area contributed by atoms with Crippen molar-refractivity contribution in [1.82, 2.24) is 0 Å². The van der Waals surface area contributed by atoms with Gasteiger partial charge in [-0.3, -0.25) is 0 Å². The molecule has 2 atom stereocenters. The van der Waals surface area contributed by atoms with Crippen molar-refractivity contribution in [2.45, 2.75) is 51.0 Å². The second kappa shape index (κ2) is 3.96. The summed E-state index contributed by atoms with van der Waals surface area (Å²) in [5, 5.41) is 9.84. The Morgan fingerprint density at radius 2 is 2.25 bits per heavy atom. The molecule has 12 heavy (non-hydrogen) atoms. The van der Waals surface area contributed by atoms with Crippen LogP contribution in [0.15, 0.2) is 0 Å². The predicted molar refractivity (Wildman–Crippen MR) is 50.6 cm³/mol. The van der Waals surface area contributed by atoms with Gasteiger partial charge in [0.2, 0.25) is 0 Å². The zero-order chi connectivity index (χ0) is 9.03. The van der Waals surface area contributed by atoms with E-state index in [4.69, 9.17) is 6.42 Å². The fourth-order valence-electron chi connectivity index (χ4n) is 1.95. The van der Waals surface area contributed by atoms with Crippen molar-refractivity contribution < 1.29 is 5.11 Å². The van der Waals surface area contributed by atoms with Gasteiger partial charge in [-0.05, 0) is 31.6 Å². The van der Waals surface area contributed by atoms with Crippen LogP contribution in [-0.2, 0) is 0 Å². The molecule has 1 heteroatoms. The first-order chi connectivity index (χ1) is 5.70. The van der Waals surface area contributed by atoms with Gasteiger partial charge >= 0.3 is 0 Å².